The summed E-state index contributed by atoms with van der Waals surface area (Å²) in [6, 6.07) is 7.77. The van der Waals surface area contributed by atoms with Gasteiger partial charge in [-0.2, -0.15) is 10.4 Å². The molecule has 0 amide bonds. The van der Waals surface area contributed by atoms with Crippen molar-refractivity contribution in [3.8, 4) is 6.07 Å². The first-order valence-electron chi connectivity index (χ1n) is 10.2. The molecule has 3 aromatic rings. The average Bonchev–Trinajstić information content (AvgIpc) is 3.39. The van der Waals surface area contributed by atoms with E-state index in [1.165, 1.54) is 12.8 Å². The summed E-state index contributed by atoms with van der Waals surface area (Å²) >= 11 is 0. The molecule has 0 aromatic carbocycles. The predicted molar refractivity (Wildman–Crippen MR) is 111 cm³/mol. The molecule has 4 N–H and O–H groups in total. The number of hydrogen-bond acceptors (Lipinski definition) is 7. The van der Waals surface area contributed by atoms with Crippen LogP contribution in [0.15, 0.2) is 18.5 Å². The summed E-state index contributed by atoms with van der Waals surface area (Å²) in [6.45, 7) is 2.86. The van der Waals surface area contributed by atoms with Crippen molar-refractivity contribution in [2.24, 2.45) is 0 Å². The Bertz CT molecular complexity index is 1030. The van der Waals surface area contributed by atoms with Crippen LogP contribution in [-0.4, -0.2) is 54.7 Å². The SMILES string of the molecule is Cc1cc(Nc2nc(NC3CC4CCC(C3)N4CCC#N)cc3[nH]cnc23)n[nH]1. The van der Waals surface area contributed by atoms with Crippen molar-refractivity contribution in [2.45, 2.75) is 57.2 Å². The maximum atomic E-state index is 8.92. The van der Waals surface area contributed by atoms with Gasteiger partial charge in [0, 0.05) is 48.9 Å². The minimum Gasteiger partial charge on any atom is -0.367 e. The third-order valence-electron chi connectivity index (χ3n) is 6.08. The van der Waals surface area contributed by atoms with Crippen LogP contribution in [0.25, 0.3) is 11.0 Å². The first-order chi connectivity index (χ1) is 14.2. The Morgan fingerprint density at radius 2 is 2.07 bits per heavy atom. The van der Waals surface area contributed by atoms with E-state index in [4.69, 9.17) is 10.2 Å². The van der Waals surface area contributed by atoms with Crippen LogP contribution in [0.2, 0.25) is 0 Å². The van der Waals surface area contributed by atoms with Crippen molar-refractivity contribution >= 4 is 28.5 Å². The summed E-state index contributed by atoms with van der Waals surface area (Å²) in [6.07, 6.45) is 6.94. The number of nitrogens with one attached hydrogen (secondary N) is 4. The van der Waals surface area contributed by atoms with Crippen LogP contribution in [0.1, 0.15) is 37.8 Å². The zero-order chi connectivity index (χ0) is 19.8. The molecule has 3 aromatic heterocycles. The average molecular weight is 391 g/mol. The van der Waals surface area contributed by atoms with Gasteiger partial charge < -0.3 is 15.6 Å². The number of nitriles is 1. The third-order valence-corrected chi connectivity index (χ3v) is 6.08. The van der Waals surface area contributed by atoms with Gasteiger partial charge in [0.1, 0.15) is 11.3 Å². The van der Waals surface area contributed by atoms with Gasteiger partial charge in [0.15, 0.2) is 11.6 Å². The smallest absolute Gasteiger partial charge is 0.162 e. The van der Waals surface area contributed by atoms with Crippen LogP contribution in [-0.2, 0) is 0 Å². The second kappa shape index (κ2) is 7.37. The molecule has 9 heteroatoms. The molecule has 29 heavy (non-hydrogen) atoms. The van der Waals surface area contributed by atoms with Gasteiger partial charge in [0.25, 0.3) is 0 Å². The van der Waals surface area contributed by atoms with Crippen molar-refractivity contribution in [1.82, 2.24) is 30.0 Å². The summed E-state index contributed by atoms with van der Waals surface area (Å²) in [5.74, 6) is 2.25. The van der Waals surface area contributed by atoms with E-state index in [1.807, 2.05) is 19.1 Å². The summed E-state index contributed by atoms with van der Waals surface area (Å²) in [5, 5.41) is 23.0. The summed E-state index contributed by atoms with van der Waals surface area (Å²) in [4.78, 5) is 14.9. The van der Waals surface area contributed by atoms with Crippen molar-refractivity contribution in [2.75, 3.05) is 17.2 Å². The Kier molecular flexibility index (Phi) is 4.56. The highest BCUT2D eigenvalue weighted by Crippen LogP contribution is 2.37. The molecule has 0 aliphatic carbocycles. The molecule has 2 unspecified atom stereocenters. The van der Waals surface area contributed by atoms with E-state index in [0.717, 1.165) is 47.7 Å². The second-order valence-corrected chi connectivity index (χ2v) is 8.06. The number of pyridine rings is 1. The molecule has 2 aliphatic heterocycles. The van der Waals surface area contributed by atoms with E-state index in [-0.39, 0.29) is 0 Å². The number of anilines is 3. The molecular formula is C20H25N9. The number of piperidine rings is 1. The molecule has 0 saturated carbocycles. The lowest BCUT2D eigenvalue weighted by Gasteiger charge is -2.39. The molecule has 5 heterocycles. The fourth-order valence-electron chi connectivity index (χ4n) is 4.86. The van der Waals surface area contributed by atoms with E-state index in [1.54, 1.807) is 6.33 Å². The van der Waals surface area contributed by atoms with E-state index in [9.17, 15) is 0 Å². The number of aromatic amines is 2. The van der Waals surface area contributed by atoms with Gasteiger partial charge >= 0.3 is 0 Å². The molecule has 150 valence electrons. The highest BCUT2D eigenvalue weighted by molar-refractivity contribution is 5.89. The van der Waals surface area contributed by atoms with Crippen molar-refractivity contribution in [1.29, 1.82) is 5.26 Å². The Morgan fingerprint density at radius 3 is 2.79 bits per heavy atom. The number of aryl methyl sites for hydroxylation is 1. The Hall–Kier alpha value is -3.12. The van der Waals surface area contributed by atoms with E-state index in [0.29, 0.717) is 30.4 Å². The lowest BCUT2D eigenvalue weighted by Crippen LogP contribution is -2.47. The van der Waals surface area contributed by atoms with Gasteiger partial charge in [-0.05, 0) is 32.6 Å². The topological polar surface area (TPSA) is 121 Å². The molecule has 0 spiro atoms. The molecular weight excluding hydrogens is 366 g/mol. The van der Waals surface area contributed by atoms with Gasteiger partial charge in [0.2, 0.25) is 0 Å². The first-order valence-corrected chi connectivity index (χ1v) is 10.2. The number of hydrogen-bond donors (Lipinski definition) is 4. The van der Waals surface area contributed by atoms with Crippen LogP contribution in [0, 0.1) is 18.3 Å². The monoisotopic (exact) mass is 391 g/mol. The normalized spacial score (nSPS) is 23.9. The number of fused-ring (bicyclic) bond motifs is 3. The quantitative estimate of drug-likeness (QED) is 0.509. The van der Waals surface area contributed by atoms with Crippen LogP contribution >= 0.6 is 0 Å². The molecule has 2 atom stereocenters. The number of nitrogens with zero attached hydrogens (tertiary/aromatic N) is 5. The maximum Gasteiger partial charge on any atom is 0.162 e. The highest BCUT2D eigenvalue weighted by atomic mass is 15.2. The first kappa shape index (κ1) is 17.9. The minimum absolute atomic E-state index is 0.388. The van der Waals surface area contributed by atoms with Gasteiger partial charge in [0.05, 0.1) is 17.9 Å². The largest absolute Gasteiger partial charge is 0.367 e. The van der Waals surface area contributed by atoms with Crippen LogP contribution in [0.4, 0.5) is 17.5 Å². The van der Waals surface area contributed by atoms with Gasteiger partial charge in [-0.15, -0.1) is 0 Å². The summed E-state index contributed by atoms with van der Waals surface area (Å²) < 4.78 is 0. The van der Waals surface area contributed by atoms with E-state index in [2.05, 4.69) is 41.8 Å². The number of H-pyrrole nitrogens is 2. The maximum absolute atomic E-state index is 8.92. The fraction of sp³-hybridized carbons (Fsp3) is 0.500. The van der Waals surface area contributed by atoms with Crippen molar-refractivity contribution in [3.05, 3.63) is 24.2 Å². The lowest BCUT2D eigenvalue weighted by molar-refractivity contribution is 0.136. The second-order valence-electron chi connectivity index (χ2n) is 8.06. The van der Waals surface area contributed by atoms with Crippen LogP contribution in [0.3, 0.4) is 0 Å². The van der Waals surface area contributed by atoms with E-state index >= 15 is 0 Å². The van der Waals surface area contributed by atoms with E-state index < -0.39 is 0 Å². The molecule has 5 rings (SSSR count). The standard InChI is InChI=1S/C20H25N9/c1-12-7-18(28-27-12)26-20-19-16(22-11-23-19)10-17(25-20)24-13-8-14-3-4-15(9-13)29(14)6-2-5-21/h7,10-11,13-15H,2-4,6,8-9H2,1H3,(H,22,23)(H3,24,25,26,27,28). The third kappa shape index (κ3) is 3.51. The fourth-order valence-corrected chi connectivity index (χ4v) is 4.86. The molecule has 2 aliphatic rings. The van der Waals surface area contributed by atoms with Crippen LogP contribution < -0.4 is 10.6 Å². The summed E-state index contributed by atoms with van der Waals surface area (Å²) in [7, 11) is 0. The zero-order valence-electron chi connectivity index (χ0n) is 16.4. The molecule has 0 radical (unpaired) electrons. The Balaban J connectivity index is 1.34. The Morgan fingerprint density at radius 1 is 1.24 bits per heavy atom. The molecule has 9 nitrogen and oxygen atoms in total. The summed E-state index contributed by atoms with van der Waals surface area (Å²) in [5.41, 5.74) is 2.72. The van der Waals surface area contributed by atoms with Gasteiger partial charge in [-0.1, -0.05) is 0 Å². The number of rotatable bonds is 6. The molecule has 2 bridgehead atoms. The highest BCUT2D eigenvalue weighted by Gasteiger charge is 2.40. The predicted octanol–water partition coefficient (Wildman–Crippen LogP) is 3.05. The van der Waals surface area contributed by atoms with Crippen molar-refractivity contribution < 1.29 is 0 Å². The van der Waals surface area contributed by atoms with Gasteiger partial charge in [-0.25, -0.2) is 9.97 Å². The minimum atomic E-state index is 0.388. The van der Waals surface area contributed by atoms with Crippen molar-refractivity contribution in [3.63, 3.8) is 0 Å². The van der Waals surface area contributed by atoms with Gasteiger partial charge in [-0.3, -0.25) is 10.00 Å². The van der Waals surface area contributed by atoms with Crippen LogP contribution in [0.5, 0.6) is 0 Å². The Labute approximate surface area is 168 Å². The molecule has 2 saturated heterocycles. The lowest BCUT2D eigenvalue weighted by atomic mass is 9.97. The zero-order valence-corrected chi connectivity index (χ0v) is 16.4. The number of imidazole rings is 1. The molecule has 2 fully saturated rings. The number of aromatic nitrogens is 5.